The zero-order valence-electron chi connectivity index (χ0n) is 13.8. The summed E-state index contributed by atoms with van der Waals surface area (Å²) in [6.07, 6.45) is 1.67. The van der Waals surface area contributed by atoms with Crippen LogP contribution in [0.4, 0.5) is 11.5 Å². The second-order valence-corrected chi connectivity index (χ2v) is 5.80. The summed E-state index contributed by atoms with van der Waals surface area (Å²) >= 11 is 5.33. The van der Waals surface area contributed by atoms with Gasteiger partial charge in [0.1, 0.15) is 6.61 Å². The third kappa shape index (κ3) is 4.79. The lowest BCUT2D eigenvalue weighted by Gasteiger charge is -2.14. The summed E-state index contributed by atoms with van der Waals surface area (Å²) in [5, 5.41) is 15.3. The molecule has 128 valence electrons. The largest absolute Gasteiger partial charge is 0.485 e. The minimum atomic E-state index is 0.387. The van der Waals surface area contributed by atoms with Gasteiger partial charge < -0.3 is 15.4 Å². The van der Waals surface area contributed by atoms with Crippen molar-refractivity contribution in [1.82, 2.24) is 4.98 Å². The molecular formula is C20H16N4OS. The number of aromatic nitrogens is 1. The molecule has 0 amide bonds. The number of benzene rings is 2. The van der Waals surface area contributed by atoms with Gasteiger partial charge in [0.15, 0.2) is 16.7 Å². The van der Waals surface area contributed by atoms with Crippen molar-refractivity contribution >= 4 is 28.8 Å². The van der Waals surface area contributed by atoms with E-state index in [0.717, 1.165) is 11.3 Å². The fourth-order valence-electron chi connectivity index (χ4n) is 2.23. The van der Waals surface area contributed by atoms with Crippen molar-refractivity contribution in [2.75, 3.05) is 10.6 Å². The summed E-state index contributed by atoms with van der Waals surface area (Å²) in [6, 6.07) is 22.7. The first kappa shape index (κ1) is 17.4. The summed E-state index contributed by atoms with van der Waals surface area (Å²) in [7, 11) is 0. The number of nitriles is 1. The van der Waals surface area contributed by atoms with Gasteiger partial charge in [-0.2, -0.15) is 5.26 Å². The van der Waals surface area contributed by atoms with Crippen molar-refractivity contribution in [2.45, 2.75) is 6.61 Å². The van der Waals surface area contributed by atoms with E-state index >= 15 is 0 Å². The molecule has 0 spiro atoms. The van der Waals surface area contributed by atoms with Gasteiger partial charge in [0.05, 0.1) is 11.6 Å². The summed E-state index contributed by atoms with van der Waals surface area (Å²) < 4.78 is 5.86. The molecule has 0 fully saturated rings. The van der Waals surface area contributed by atoms with E-state index in [1.165, 1.54) is 0 Å². The minimum absolute atomic E-state index is 0.387. The predicted molar refractivity (Wildman–Crippen MR) is 106 cm³/mol. The Balaban J connectivity index is 1.63. The average molecular weight is 360 g/mol. The van der Waals surface area contributed by atoms with Crippen LogP contribution in [-0.4, -0.2) is 10.1 Å². The lowest BCUT2D eigenvalue weighted by atomic mass is 10.2. The van der Waals surface area contributed by atoms with Gasteiger partial charge in [-0.3, -0.25) is 0 Å². The highest BCUT2D eigenvalue weighted by Gasteiger charge is 2.07. The molecule has 0 atom stereocenters. The smallest absolute Gasteiger partial charge is 0.176 e. The maximum atomic E-state index is 8.84. The molecule has 3 rings (SSSR count). The highest BCUT2D eigenvalue weighted by molar-refractivity contribution is 7.80. The van der Waals surface area contributed by atoms with Crippen molar-refractivity contribution in [3.8, 4) is 11.8 Å². The minimum Gasteiger partial charge on any atom is -0.485 e. The molecule has 2 N–H and O–H groups in total. The van der Waals surface area contributed by atoms with Crippen LogP contribution in [0.15, 0.2) is 72.9 Å². The maximum absolute atomic E-state index is 8.84. The van der Waals surface area contributed by atoms with Crippen LogP contribution in [0, 0.1) is 11.3 Å². The van der Waals surface area contributed by atoms with E-state index < -0.39 is 0 Å². The van der Waals surface area contributed by atoms with Crippen LogP contribution in [0.3, 0.4) is 0 Å². The van der Waals surface area contributed by atoms with Crippen molar-refractivity contribution in [2.24, 2.45) is 0 Å². The van der Waals surface area contributed by atoms with Crippen molar-refractivity contribution in [3.63, 3.8) is 0 Å². The Kier molecular flexibility index (Phi) is 5.76. The second-order valence-electron chi connectivity index (χ2n) is 5.39. The Bertz CT molecular complexity index is 921. The highest BCUT2D eigenvalue weighted by atomic mass is 32.1. The Morgan fingerprint density at radius 3 is 2.50 bits per heavy atom. The zero-order valence-corrected chi connectivity index (χ0v) is 14.7. The molecule has 0 aliphatic heterocycles. The van der Waals surface area contributed by atoms with E-state index in [9.17, 15) is 0 Å². The van der Waals surface area contributed by atoms with Gasteiger partial charge in [-0.15, -0.1) is 0 Å². The average Bonchev–Trinajstić information content (AvgIpc) is 2.68. The van der Waals surface area contributed by atoms with E-state index in [0.29, 0.717) is 28.9 Å². The molecule has 0 aliphatic carbocycles. The van der Waals surface area contributed by atoms with Crippen LogP contribution in [0.1, 0.15) is 11.1 Å². The van der Waals surface area contributed by atoms with E-state index in [1.54, 1.807) is 30.5 Å². The molecule has 1 heterocycles. The fourth-order valence-corrected chi connectivity index (χ4v) is 2.45. The molecule has 6 heteroatoms. The Labute approximate surface area is 157 Å². The van der Waals surface area contributed by atoms with Crippen LogP contribution < -0.4 is 15.4 Å². The number of hydrogen-bond donors (Lipinski definition) is 2. The molecule has 5 nitrogen and oxygen atoms in total. The third-order valence-corrected chi connectivity index (χ3v) is 3.72. The monoisotopic (exact) mass is 360 g/mol. The molecule has 0 unspecified atom stereocenters. The normalized spacial score (nSPS) is 9.81. The van der Waals surface area contributed by atoms with E-state index in [2.05, 4.69) is 21.7 Å². The SMILES string of the molecule is N#Cc1ccc(NC(=S)Nc2ncccc2OCc2ccccc2)cc1. The number of ether oxygens (including phenoxy) is 1. The molecule has 2 aromatic carbocycles. The number of anilines is 2. The Morgan fingerprint density at radius 1 is 1.00 bits per heavy atom. The second kappa shape index (κ2) is 8.60. The molecule has 26 heavy (non-hydrogen) atoms. The quantitative estimate of drug-likeness (QED) is 0.660. The van der Waals surface area contributed by atoms with Gasteiger partial charge in [0.2, 0.25) is 0 Å². The van der Waals surface area contributed by atoms with Gasteiger partial charge in [-0.25, -0.2) is 4.98 Å². The third-order valence-electron chi connectivity index (χ3n) is 3.51. The van der Waals surface area contributed by atoms with E-state index in [-0.39, 0.29) is 0 Å². The molecule has 3 aromatic rings. The molecular weight excluding hydrogens is 344 g/mol. The number of pyridine rings is 1. The first-order valence-electron chi connectivity index (χ1n) is 7.94. The molecule has 0 saturated carbocycles. The zero-order chi connectivity index (χ0) is 18.2. The highest BCUT2D eigenvalue weighted by Crippen LogP contribution is 2.22. The van der Waals surface area contributed by atoms with Gasteiger partial charge in [-0.1, -0.05) is 30.3 Å². The van der Waals surface area contributed by atoms with E-state index in [4.69, 9.17) is 22.2 Å². The summed E-state index contributed by atoms with van der Waals surface area (Å²) in [5.41, 5.74) is 2.44. The van der Waals surface area contributed by atoms with Crippen LogP contribution in [-0.2, 0) is 6.61 Å². The topological polar surface area (TPSA) is 70.0 Å². The predicted octanol–water partition coefficient (Wildman–Crippen LogP) is 4.34. The van der Waals surface area contributed by atoms with Gasteiger partial charge >= 0.3 is 0 Å². The number of rotatable bonds is 5. The van der Waals surface area contributed by atoms with Crippen LogP contribution in [0.5, 0.6) is 5.75 Å². The molecule has 0 saturated heterocycles. The maximum Gasteiger partial charge on any atom is 0.176 e. The van der Waals surface area contributed by atoms with Crippen molar-refractivity contribution in [1.29, 1.82) is 5.26 Å². The van der Waals surface area contributed by atoms with E-state index in [1.807, 2.05) is 42.5 Å². The molecule has 0 aliphatic rings. The summed E-state index contributed by atoms with van der Waals surface area (Å²) in [5.74, 6) is 1.15. The molecule has 0 radical (unpaired) electrons. The van der Waals surface area contributed by atoms with Crippen LogP contribution >= 0.6 is 12.2 Å². The van der Waals surface area contributed by atoms with Gasteiger partial charge in [-0.05, 0) is 54.2 Å². The molecule has 1 aromatic heterocycles. The Hall–Kier alpha value is -3.43. The number of thiocarbonyl (C=S) groups is 1. The first-order chi connectivity index (χ1) is 12.7. The number of nitrogens with one attached hydrogen (secondary N) is 2. The lowest BCUT2D eigenvalue weighted by Crippen LogP contribution is -2.20. The van der Waals surface area contributed by atoms with Crippen molar-refractivity contribution < 1.29 is 4.74 Å². The van der Waals surface area contributed by atoms with Gasteiger partial charge in [0.25, 0.3) is 0 Å². The molecule has 0 bridgehead atoms. The van der Waals surface area contributed by atoms with Crippen LogP contribution in [0.25, 0.3) is 0 Å². The van der Waals surface area contributed by atoms with Crippen LogP contribution in [0.2, 0.25) is 0 Å². The van der Waals surface area contributed by atoms with Crippen molar-refractivity contribution in [3.05, 3.63) is 84.1 Å². The lowest BCUT2D eigenvalue weighted by molar-refractivity contribution is 0.307. The first-order valence-corrected chi connectivity index (χ1v) is 8.35. The van der Waals surface area contributed by atoms with Gasteiger partial charge in [0, 0.05) is 11.9 Å². The number of nitrogens with zero attached hydrogens (tertiary/aromatic N) is 2. The summed E-state index contributed by atoms with van der Waals surface area (Å²) in [4.78, 5) is 4.29. The standard InChI is InChI=1S/C20H16N4OS/c21-13-15-8-10-17(11-9-15)23-20(26)24-19-18(7-4-12-22-19)25-14-16-5-2-1-3-6-16/h1-12H,14H2,(H2,22,23,24,26). The Morgan fingerprint density at radius 2 is 1.77 bits per heavy atom. The number of hydrogen-bond acceptors (Lipinski definition) is 4. The summed E-state index contributed by atoms with van der Waals surface area (Å²) in [6.45, 7) is 0.441. The fraction of sp³-hybridized carbons (Fsp3) is 0.0500.